The fourth-order valence-corrected chi connectivity index (χ4v) is 1.62. The summed E-state index contributed by atoms with van der Waals surface area (Å²) in [7, 11) is 0. The Morgan fingerprint density at radius 1 is 1.24 bits per heavy atom. The molecule has 0 saturated heterocycles. The van der Waals surface area contributed by atoms with E-state index in [0.717, 1.165) is 6.42 Å². The Labute approximate surface area is 121 Å². The summed E-state index contributed by atoms with van der Waals surface area (Å²) in [5.74, 6) is 0.142. The maximum Gasteiger partial charge on any atom is 0.275 e. The van der Waals surface area contributed by atoms with Crippen LogP contribution in [0.15, 0.2) is 28.8 Å². The molecule has 7 nitrogen and oxygen atoms in total. The zero-order valence-electron chi connectivity index (χ0n) is 11.8. The topological polar surface area (TPSA) is 97.1 Å². The Morgan fingerprint density at radius 2 is 1.95 bits per heavy atom. The number of nitrogens with zero attached hydrogens (tertiary/aromatic N) is 2. The van der Waals surface area contributed by atoms with E-state index >= 15 is 0 Å². The number of carbonyl (C=O) groups is 2. The molecule has 2 N–H and O–H groups in total. The average molecular weight is 288 g/mol. The Hall–Kier alpha value is -2.70. The Balaban J connectivity index is 2.09. The highest BCUT2D eigenvalue weighted by Crippen LogP contribution is 2.09. The van der Waals surface area contributed by atoms with E-state index in [9.17, 15) is 9.59 Å². The molecule has 0 saturated carbocycles. The molecule has 7 heteroatoms. The molecule has 21 heavy (non-hydrogen) atoms. The first-order valence-electron chi connectivity index (χ1n) is 6.60. The lowest BCUT2D eigenvalue weighted by atomic mass is 10.2. The van der Waals surface area contributed by atoms with Crippen LogP contribution >= 0.6 is 0 Å². The Kier molecular flexibility index (Phi) is 4.65. The van der Waals surface area contributed by atoms with Crippen molar-refractivity contribution in [3.8, 4) is 0 Å². The van der Waals surface area contributed by atoms with Crippen LogP contribution in [0.3, 0.4) is 0 Å². The number of aromatic nitrogens is 2. The van der Waals surface area contributed by atoms with E-state index in [1.807, 2.05) is 6.92 Å². The van der Waals surface area contributed by atoms with Crippen LogP contribution in [0.2, 0.25) is 0 Å². The molecule has 2 rings (SSSR count). The molecule has 0 radical (unpaired) electrons. The molecule has 2 aromatic rings. The molecule has 0 aliphatic carbocycles. The zero-order chi connectivity index (χ0) is 15.2. The molecule has 2 amide bonds. The summed E-state index contributed by atoms with van der Waals surface area (Å²) in [4.78, 5) is 27.9. The highest BCUT2D eigenvalue weighted by molar-refractivity contribution is 6.03. The third-order valence-corrected chi connectivity index (χ3v) is 2.62. The van der Waals surface area contributed by atoms with Crippen LogP contribution in [0.1, 0.15) is 40.1 Å². The largest absolute Gasteiger partial charge is 0.360 e. The number of anilines is 1. The van der Waals surface area contributed by atoms with E-state index in [-0.39, 0.29) is 17.3 Å². The van der Waals surface area contributed by atoms with Gasteiger partial charge in [-0.05, 0) is 25.5 Å². The van der Waals surface area contributed by atoms with Gasteiger partial charge in [-0.25, -0.2) is 4.98 Å². The van der Waals surface area contributed by atoms with Gasteiger partial charge in [0, 0.05) is 12.6 Å². The molecule has 0 bridgehead atoms. The van der Waals surface area contributed by atoms with Gasteiger partial charge in [-0.2, -0.15) is 0 Å². The predicted molar refractivity (Wildman–Crippen MR) is 76.1 cm³/mol. The molecule has 0 atom stereocenters. The highest BCUT2D eigenvalue weighted by Gasteiger charge is 2.13. The monoisotopic (exact) mass is 288 g/mol. The number of rotatable bonds is 5. The SMILES string of the molecule is CCCNC(=O)c1cccc(C(=O)Nc2cc(C)on2)n1. The van der Waals surface area contributed by atoms with Gasteiger partial charge in [0.1, 0.15) is 17.1 Å². The fourth-order valence-electron chi connectivity index (χ4n) is 1.62. The number of nitrogens with one attached hydrogen (secondary N) is 2. The molecule has 0 fully saturated rings. The smallest absolute Gasteiger partial charge is 0.275 e. The molecule has 0 spiro atoms. The summed E-state index contributed by atoms with van der Waals surface area (Å²) in [6, 6.07) is 6.29. The quantitative estimate of drug-likeness (QED) is 0.874. The first-order chi connectivity index (χ1) is 10.1. The van der Waals surface area contributed by atoms with Crippen molar-refractivity contribution in [3.05, 3.63) is 41.4 Å². The molecule has 0 aliphatic rings. The van der Waals surface area contributed by atoms with E-state index in [2.05, 4.69) is 20.8 Å². The van der Waals surface area contributed by atoms with Gasteiger partial charge in [0.2, 0.25) is 0 Å². The molecule has 0 aliphatic heterocycles. The molecule has 110 valence electrons. The summed E-state index contributed by atoms with van der Waals surface area (Å²) in [5.41, 5.74) is 0.340. The second kappa shape index (κ2) is 6.65. The van der Waals surface area contributed by atoms with Crippen LogP contribution in [0.5, 0.6) is 0 Å². The Bertz CT molecular complexity index is 651. The molecular formula is C14H16N4O3. The summed E-state index contributed by atoms with van der Waals surface area (Å²) in [6.07, 6.45) is 0.831. The second-order valence-corrected chi connectivity index (χ2v) is 4.44. The molecular weight excluding hydrogens is 272 g/mol. The van der Waals surface area contributed by atoms with Gasteiger partial charge >= 0.3 is 0 Å². The number of amides is 2. The fraction of sp³-hybridized carbons (Fsp3) is 0.286. The van der Waals surface area contributed by atoms with E-state index in [4.69, 9.17) is 4.52 Å². The molecule has 2 heterocycles. The maximum atomic E-state index is 12.0. The number of hydrogen-bond acceptors (Lipinski definition) is 5. The van der Waals surface area contributed by atoms with E-state index in [1.54, 1.807) is 25.1 Å². The summed E-state index contributed by atoms with van der Waals surface area (Å²) in [6.45, 7) is 4.24. The van der Waals surface area contributed by atoms with Crippen molar-refractivity contribution in [2.75, 3.05) is 11.9 Å². The standard InChI is InChI=1S/C14H16N4O3/c1-3-7-15-13(19)10-5-4-6-11(16-10)14(20)17-12-8-9(2)21-18-12/h4-6,8H,3,7H2,1-2H3,(H,15,19)(H,17,18,20). The van der Waals surface area contributed by atoms with Gasteiger partial charge in [-0.1, -0.05) is 18.1 Å². The molecule has 0 aromatic carbocycles. The van der Waals surface area contributed by atoms with Gasteiger partial charge < -0.3 is 15.2 Å². The van der Waals surface area contributed by atoms with E-state index in [1.165, 1.54) is 6.07 Å². The predicted octanol–water partition coefficient (Wildman–Crippen LogP) is 1.77. The normalized spacial score (nSPS) is 10.2. The first kappa shape index (κ1) is 14.7. The lowest BCUT2D eigenvalue weighted by molar-refractivity contribution is 0.0948. The van der Waals surface area contributed by atoms with Gasteiger partial charge in [-0.3, -0.25) is 9.59 Å². The minimum Gasteiger partial charge on any atom is -0.360 e. The van der Waals surface area contributed by atoms with Crippen molar-refractivity contribution in [1.82, 2.24) is 15.5 Å². The second-order valence-electron chi connectivity index (χ2n) is 4.44. The summed E-state index contributed by atoms with van der Waals surface area (Å²) in [5, 5.41) is 8.92. The van der Waals surface area contributed by atoms with Gasteiger partial charge in [-0.15, -0.1) is 0 Å². The van der Waals surface area contributed by atoms with E-state index < -0.39 is 5.91 Å². The number of aryl methyl sites for hydroxylation is 1. The third-order valence-electron chi connectivity index (χ3n) is 2.62. The first-order valence-corrected chi connectivity index (χ1v) is 6.60. The van der Waals surface area contributed by atoms with Crippen molar-refractivity contribution in [2.45, 2.75) is 20.3 Å². The van der Waals surface area contributed by atoms with Gasteiger partial charge in [0.15, 0.2) is 5.82 Å². The maximum absolute atomic E-state index is 12.0. The van der Waals surface area contributed by atoms with Crippen molar-refractivity contribution in [3.63, 3.8) is 0 Å². The van der Waals surface area contributed by atoms with Crippen LogP contribution in [0.25, 0.3) is 0 Å². The van der Waals surface area contributed by atoms with Gasteiger partial charge in [0.25, 0.3) is 11.8 Å². The molecule has 2 aromatic heterocycles. The van der Waals surface area contributed by atoms with Crippen molar-refractivity contribution < 1.29 is 14.1 Å². The van der Waals surface area contributed by atoms with Crippen LogP contribution < -0.4 is 10.6 Å². The summed E-state index contributed by atoms with van der Waals surface area (Å²) < 4.78 is 4.86. The lowest BCUT2D eigenvalue weighted by Crippen LogP contribution is -2.26. The van der Waals surface area contributed by atoms with Crippen molar-refractivity contribution in [1.29, 1.82) is 0 Å². The minimum atomic E-state index is -0.451. The van der Waals surface area contributed by atoms with Crippen molar-refractivity contribution >= 4 is 17.6 Å². The average Bonchev–Trinajstić information content (AvgIpc) is 2.90. The molecule has 0 unspecified atom stereocenters. The van der Waals surface area contributed by atoms with Crippen molar-refractivity contribution in [2.24, 2.45) is 0 Å². The van der Waals surface area contributed by atoms with Crippen LogP contribution in [-0.4, -0.2) is 28.5 Å². The Morgan fingerprint density at radius 3 is 2.57 bits per heavy atom. The lowest BCUT2D eigenvalue weighted by Gasteiger charge is -2.05. The summed E-state index contributed by atoms with van der Waals surface area (Å²) >= 11 is 0. The van der Waals surface area contributed by atoms with E-state index in [0.29, 0.717) is 18.1 Å². The minimum absolute atomic E-state index is 0.139. The van der Waals surface area contributed by atoms with Gasteiger partial charge in [0.05, 0.1) is 0 Å². The zero-order valence-corrected chi connectivity index (χ0v) is 11.8. The van der Waals surface area contributed by atoms with Crippen LogP contribution in [0.4, 0.5) is 5.82 Å². The van der Waals surface area contributed by atoms with Crippen LogP contribution in [-0.2, 0) is 0 Å². The number of carbonyl (C=O) groups excluding carboxylic acids is 2. The van der Waals surface area contributed by atoms with Crippen LogP contribution in [0, 0.1) is 6.92 Å². The third kappa shape index (κ3) is 3.88. The number of hydrogen-bond donors (Lipinski definition) is 2. The number of pyridine rings is 1. The highest BCUT2D eigenvalue weighted by atomic mass is 16.5.